The van der Waals surface area contributed by atoms with Crippen LogP contribution in [-0.2, 0) is 9.47 Å². The van der Waals surface area contributed by atoms with Crippen molar-refractivity contribution in [2.24, 2.45) is 0 Å². The van der Waals surface area contributed by atoms with E-state index in [1.165, 1.54) is 5.56 Å². The Morgan fingerprint density at radius 3 is 2.69 bits per heavy atom. The summed E-state index contributed by atoms with van der Waals surface area (Å²) in [6.45, 7) is 5.36. The van der Waals surface area contributed by atoms with Gasteiger partial charge in [0.1, 0.15) is 12.9 Å². The van der Waals surface area contributed by atoms with Gasteiger partial charge in [-0.3, -0.25) is 0 Å². The number of hydrogen-bond acceptors (Lipinski definition) is 3. The van der Waals surface area contributed by atoms with E-state index in [4.69, 9.17) is 9.47 Å². The summed E-state index contributed by atoms with van der Waals surface area (Å²) < 4.78 is 11.0. The number of nitrogens with one attached hydrogen (secondary N) is 1. The fourth-order valence-electron chi connectivity index (χ4n) is 2.03. The van der Waals surface area contributed by atoms with Gasteiger partial charge in [-0.1, -0.05) is 44.2 Å². The lowest BCUT2D eigenvalue weighted by Crippen LogP contribution is -2.46. The Hall–Kier alpha value is -0.900. The van der Waals surface area contributed by atoms with E-state index >= 15 is 0 Å². The van der Waals surface area contributed by atoms with Crippen molar-refractivity contribution < 1.29 is 9.47 Å². The molecule has 3 heteroatoms. The maximum absolute atomic E-state index is 5.69. The molecule has 1 aliphatic heterocycles. The minimum atomic E-state index is 0.0948. The molecular formula is C13H19NO2. The Bertz CT molecular complexity index is 313. The summed E-state index contributed by atoms with van der Waals surface area (Å²) in [7, 11) is 0. The summed E-state index contributed by atoms with van der Waals surface area (Å²) in [5.41, 5.74) is 1.21. The zero-order valence-electron chi connectivity index (χ0n) is 9.85. The highest BCUT2D eigenvalue weighted by Gasteiger charge is 2.28. The van der Waals surface area contributed by atoms with Crippen LogP contribution in [-0.4, -0.2) is 25.5 Å². The van der Waals surface area contributed by atoms with Gasteiger partial charge in [0.15, 0.2) is 0 Å². The third-order valence-electron chi connectivity index (χ3n) is 2.67. The van der Waals surface area contributed by atoms with Gasteiger partial charge in [0.25, 0.3) is 0 Å². The van der Waals surface area contributed by atoms with E-state index < -0.39 is 0 Å². The molecule has 0 saturated carbocycles. The van der Waals surface area contributed by atoms with Gasteiger partial charge in [-0.2, -0.15) is 0 Å². The Labute approximate surface area is 96.8 Å². The number of rotatable bonds is 3. The van der Waals surface area contributed by atoms with Crippen LogP contribution >= 0.6 is 0 Å². The number of benzene rings is 1. The molecule has 1 aromatic rings. The molecule has 1 N–H and O–H groups in total. The van der Waals surface area contributed by atoms with Crippen LogP contribution in [0.1, 0.15) is 25.5 Å². The Kier molecular flexibility index (Phi) is 3.93. The van der Waals surface area contributed by atoms with E-state index in [0.29, 0.717) is 19.4 Å². The smallest absolute Gasteiger partial charge is 0.147 e. The molecule has 0 spiro atoms. The third kappa shape index (κ3) is 2.82. The fourth-order valence-corrected chi connectivity index (χ4v) is 2.03. The van der Waals surface area contributed by atoms with E-state index in [9.17, 15) is 0 Å². The lowest BCUT2D eigenvalue weighted by atomic mass is 10.0. The van der Waals surface area contributed by atoms with Crippen LogP contribution in [0.2, 0.25) is 0 Å². The maximum Gasteiger partial charge on any atom is 0.147 e. The van der Waals surface area contributed by atoms with E-state index in [1.54, 1.807) is 0 Å². The molecule has 0 aliphatic carbocycles. The van der Waals surface area contributed by atoms with Crippen LogP contribution in [0, 0.1) is 0 Å². The highest BCUT2D eigenvalue weighted by Crippen LogP contribution is 2.24. The number of hydrogen-bond donors (Lipinski definition) is 1. The molecule has 0 bridgehead atoms. The minimum Gasteiger partial charge on any atom is -0.354 e. The topological polar surface area (TPSA) is 30.5 Å². The molecule has 3 nitrogen and oxygen atoms in total. The predicted molar refractivity (Wildman–Crippen MR) is 63.1 cm³/mol. The first-order chi connectivity index (χ1) is 7.77. The van der Waals surface area contributed by atoms with E-state index in [0.717, 1.165) is 0 Å². The molecule has 2 rings (SSSR count). The zero-order valence-corrected chi connectivity index (χ0v) is 9.85. The first-order valence-corrected chi connectivity index (χ1v) is 5.77. The van der Waals surface area contributed by atoms with Crippen molar-refractivity contribution in [2.45, 2.75) is 32.0 Å². The van der Waals surface area contributed by atoms with Crippen molar-refractivity contribution in [2.75, 3.05) is 13.4 Å². The molecule has 1 saturated heterocycles. The van der Waals surface area contributed by atoms with E-state index in [1.807, 2.05) is 18.2 Å². The summed E-state index contributed by atoms with van der Waals surface area (Å²) in [5, 5.41) is 3.48. The summed E-state index contributed by atoms with van der Waals surface area (Å²) in [6, 6.07) is 11.0. The minimum absolute atomic E-state index is 0.0948. The second kappa shape index (κ2) is 5.43. The predicted octanol–water partition coefficient (Wildman–Crippen LogP) is 2.10. The Balaban J connectivity index is 2.10. The molecule has 0 amide bonds. The second-order valence-electron chi connectivity index (χ2n) is 4.41. The van der Waals surface area contributed by atoms with E-state index in [2.05, 4.69) is 31.3 Å². The third-order valence-corrected chi connectivity index (χ3v) is 2.67. The summed E-state index contributed by atoms with van der Waals surface area (Å²) in [5.74, 6) is 0. The van der Waals surface area contributed by atoms with Crippen LogP contribution in [0.25, 0.3) is 0 Å². The van der Waals surface area contributed by atoms with Crippen molar-refractivity contribution in [3.63, 3.8) is 0 Å². The maximum atomic E-state index is 5.69. The first-order valence-electron chi connectivity index (χ1n) is 5.77. The lowest BCUT2D eigenvalue weighted by molar-refractivity contribution is -0.158. The molecular weight excluding hydrogens is 202 g/mol. The van der Waals surface area contributed by atoms with Crippen LogP contribution in [0.3, 0.4) is 0 Å². The highest BCUT2D eigenvalue weighted by atomic mass is 16.7. The number of ether oxygens (including phenoxy) is 2. The Morgan fingerprint density at radius 1 is 1.25 bits per heavy atom. The first kappa shape index (κ1) is 11.6. The van der Waals surface area contributed by atoms with Gasteiger partial charge in [0.05, 0.1) is 12.6 Å². The Morgan fingerprint density at radius 2 is 2.00 bits per heavy atom. The molecule has 1 fully saturated rings. The van der Waals surface area contributed by atoms with Crippen molar-refractivity contribution in [1.82, 2.24) is 5.32 Å². The van der Waals surface area contributed by atoms with Gasteiger partial charge in [0.2, 0.25) is 0 Å². The summed E-state index contributed by atoms with van der Waals surface area (Å²) >= 11 is 0. The van der Waals surface area contributed by atoms with Crippen LogP contribution in [0.5, 0.6) is 0 Å². The van der Waals surface area contributed by atoms with Crippen LogP contribution < -0.4 is 5.32 Å². The fraction of sp³-hybridized carbons (Fsp3) is 0.538. The molecule has 1 aliphatic rings. The van der Waals surface area contributed by atoms with Crippen molar-refractivity contribution in [1.29, 1.82) is 0 Å². The molecule has 1 aromatic carbocycles. The van der Waals surface area contributed by atoms with Crippen molar-refractivity contribution in [3.8, 4) is 0 Å². The summed E-state index contributed by atoms with van der Waals surface area (Å²) in [6.07, 6.45) is 0.0948. The normalized spacial score (nSPS) is 25.9. The van der Waals surface area contributed by atoms with Gasteiger partial charge in [0, 0.05) is 6.04 Å². The standard InChI is InChI=1S/C13H19NO2/c1-10(2)14-12-8-15-9-16-13(12)11-6-4-3-5-7-11/h3-7,10,12-14H,8-9H2,1-2H3. The lowest BCUT2D eigenvalue weighted by Gasteiger charge is -2.33. The molecule has 16 heavy (non-hydrogen) atoms. The van der Waals surface area contributed by atoms with Gasteiger partial charge < -0.3 is 14.8 Å². The molecule has 1 heterocycles. The SMILES string of the molecule is CC(C)NC1COCOC1c1ccccc1. The van der Waals surface area contributed by atoms with Gasteiger partial charge in [-0.15, -0.1) is 0 Å². The molecule has 88 valence electrons. The highest BCUT2D eigenvalue weighted by molar-refractivity contribution is 5.19. The van der Waals surface area contributed by atoms with E-state index in [-0.39, 0.29) is 12.1 Å². The van der Waals surface area contributed by atoms with Crippen LogP contribution in [0.15, 0.2) is 30.3 Å². The quantitative estimate of drug-likeness (QED) is 0.848. The van der Waals surface area contributed by atoms with Crippen molar-refractivity contribution >= 4 is 0 Å². The molecule has 0 radical (unpaired) electrons. The zero-order chi connectivity index (χ0) is 11.4. The monoisotopic (exact) mass is 221 g/mol. The largest absolute Gasteiger partial charge is 0.354 e. The molecule has 2 atom stereocenters. The average Bonchev–Trinajstić information content (AvgIpc) is 2.30. The van der Waals surface area contributed by atoms with Gasteiger partial charge in [-0.25, -0.2) is 0 Å². The van der Waals surface area contributed by atoms with Gasteiger partial charge in [-0.05, 0) is 5.56 Å². The van der Waals surface area contributed by atoms with Crippen molar-refractivity contribution in [3.05, 3.63) is 35.9 Å². The molecule has 0 aromatic heterocycles. The average molecular weight is 221 g/mol. The van der Waals surface area contributed by atoms with Gasteiger partial charge >= 0.3 is 0 Å². The summed E-state index contributed by atoms with van der Waals surface area (Å²) in [4.78, 5) is 0. The molecule has 2 unspecified atom stereocenters. The van der Waals surface area contributed by atoms with Crippen LogP contribution in [0.4, 0.5) is 0 Å². The second-order valence-corrected chi connectivity index (χ2v) is 4.41.